The van der Waals surface area contributed by atoms with E-state index in [1.165, 1.54) is 0 Å². The largest absolute Gasteiger partial charge is 0.482 e. The zero-order valence-electron chi connectivity index (χ0n) is 16.4. The fourth-order valence-electron chi connectivity index (χ4n) is 2.74. The summed E-state index contributed by atoms with van der Waals surface area (Å²) in [5, 5.41) is 2.89. The molecule has 0 fully saturated rings. The molecule has 2 aromatic carbocycles. The van der Waals surface area contributed by atoms with E-state index in [9.17, 15) is 9.59 Å². The van der Waals surface area contributed by atoms with Crippen LogP contribution < -0.4 is 10.1 Å². The van der Waals surface area contributed by atoms with Gasteiger partial charge in [0.05, 0.1) is 6.04 Å². The Bertz CT molecular complexity index is 783. The molecule has 1 amide bonds. The minimum Gasteiger partial charge on any atom is -0.482 e. The molecule has 5 heteroatoms. The number of hydrogen-bond acceptors (Lipinski definition) is 4. The minimum atomic E-state index is -0.575. The quantitative estimate of drug-likeness (QED) is 0.719. The molecule has 2 aromatic rings. The number of ether oxygens (including phenoxy) is 2. The van der Waals surface area contributed by atoms with E-state index < -0.39 is 5.97 Å². The van der Waals surface area contributed by atoms with Crippen LogP contribution >= 0.6 is 0 Å². The van der Waals surface area contributed by atoms with Gasteiger partial charge >= 0.3 is 5.97 Å². The van der Waals surface area contributed by atoms with E-state index in [0.29, 0.717) is 5.75 Å². The Morgan fingerprint density at radius 2 is 1.63 bits per heavy atom. The zero-order chi connectivity index (χ0) is 19.8. The average molecular weight is 369 g/mol. The number of rotatable bonds is 8. The number of amides is 1. The predicted octanol–water partition coefficient (Wildman–Crippen LogP) is 3.80. The van der Waals surface area contributed by atoms with Crippen molar-refractivity contribution in [1.29, 1.82) is 0 Å². The molecule has 1 N–H and O–H groups in total. The first-order valence-electron chi connectivity index (χ1n) is 9.10. The molecule has 0 spiro atoms. The molecule has 0 aliphatic carbocycles. The fourth-order valence-corrected chi connectivity index (χ4v) is 2.74. The van der Waals surface area contributed by atoms with E-state index in [1.54, 1.807) is 0 Å². The van der Waals surface area contributed by atoms with Gasteiger partial charge < -0.3 is 14.8 Å². The number of hydrogen-bond donors (Lipinski definition) is 1. The molecular formula is C22H27NO4. The maximum absolute atomic E-state index is 12.1. The van der Waals surface area contributed by atoms with E-state index in [0.717, 1.165) is 28.7 Å². The summed E-state index contributed by atoms with van der Waals surface area (Å²) >= 11 is 0. The maximum atomic E-state index is 12.1. The molecule has 0 radical (unpaired) electrons. The summed E-state index contributed by atoms with van der Waals surface area (Å²) < 4.78 is 10.5. The van der Waals surface area contributed by atoms with Gasteiger partial charge in [-0.05, 0) is 44.4 Å². The Balaban J connectivity index is 1.78. The Labute approximate surface area is 160 Å². The number of carbonyl (C=O) groups is 2. The smallest absolute Gasteiger partial charge is 0.344 e. The molecule has 1 atom stereocenters. The predicted molar refractivity (Wildman–Crippen MR) is 105 cm³/mol. The van der Waals surface area contributed by atoms with Crippen molar-refractivity contribution >= 4 is 11.9 Å². The highest BCUT2D eigenvalue weighted by atomic mass is 16.6. The van der Waals surface area contributed by atoms with Crippen molar-refractivity contribution in [2.45, 2.75) is 40.2 Å². The standard InChI is InChI=1S/C22H27NO4/c1-5-19(18-9-6-15(2)7-10-18)23-21(24)13-27-22(25)14-26-20-11-8-16(3)12-17(20)4/h6-12,19H,5,13-14H2,1-4H3,(H,23,24)/t19-/m1/s1. The van der Waals surface area contributed by atoms with Gasteiger partial charge in [-0.2, -0.15) is 0 Å². The number of aryl methyl sites for hydroxylation is 3. The van der Waals surface area contributed by atoms with E-state index in [2.05, 4.69) is 5.32 Å². The van der Waals surface area contributed by atoms with Crippen molar-refractivity contribution in [2.24, 2.45) is 0 Å². The molecule has 0 heterocycles. The van der Waals surface area contributed by atoms with Crippen LogP contribution in [-0.4, -0.2) is 25.1 Å². The van der Waals surface area contributed by atoms with E-state index in [1.807, 2.05) is 70.2 Å². The van der Waals surface area contributed by atoms with Gasteiger partial charge in [0.15, 0.2) is 13.2 Å². The summed E-state index contributed by atoms with van der Waals surface area (Å²) in [6.45, 7) is 7.36. The van der Waals surface area contributed by atoms with Crippen LogP contribution in [-0.2, 0) is 14.3 Å². The van der Waals surface area contributed by atoms with Gasteiger partial charge in [0.2, 0.25) is 0 Å². The highest BCUT2D eigenvalue weighted by Crippen LogP contribution is 2.19. The first-order valence-corrected chi connectivity index (χ1v) is 9.10. The molecule has 0 aliphatic rings. The maximum Gasteiger partial charge on any atom is 0.344 e. The third kappa shape index (κ3) is 6.44. The first-order chi connectivity index (χ1) is 12.9. The summed E-state index contributed by atoms with van der Waals surface area (Å²) in [5.74, 6) is -0.275. The lowest BCUT2D eigenvalue weighted by atomic mass is 10.0. The van der Waals surface area contributed by atoms with Gasteiger partial charge in [0, 0.05) is 0 Å². The van der Waals surface area contributed by atoms with Crippen LogP contribution in [0.4, 0.5) is 0 Å². The third-order valence-electron chi connectivity index (χ3n) is 4.26. The molecule has 0 aromatic heterocycles. The molecule has 27 heavy (non-hydrogen) atoms. The van der Waals surface area contributed by atoms with E-state index in [4.69, 9.17) is 9.47 Å². The Morgan fingerprint density at radius 3 is 2.26 bits per heavy atom. The Kier molecular flexibility index (Phi) is 7.41. The molecule has 144 valence electrons. The number of nitrogens with one attached hydrogen (secondary N) is 1. The van der Waals surface area contributed by atoms with Crippen molar-refractivity contribution in [3.63, 3.8) is 0 Å². The zero-order valence-corrected chi connectivity index (χ0v) is 16.4. The molecule has 0 aliphatic heterocycles. The summed E-state index contributed by atoms with van der Waals surface area (Å²) in [5.41, 5.74) is 4.27. The average Bonchev–Trinajstić information content (AvgIpc) is 2.64. The molecule has 2 rings (SSSR count). The lowest BCUT2D eigenvalue weighted by Gasteiger charge is -2.17. The van der Waals surface area contributed by atoms with Gasteiger partial charge in [-0.3, -0.25) is 4.79 Å². The van der Waals surface area contributed by atoms with Gasteiger partial charge in [-0.25, -0.2) is 4.79 Å². The number of benzene rings is 2. The van der Waals surface area contributed by atoms with Crippen LogP contribution in [0.25, 0.3) is 0 Å². The fraction of sp³-hybridized carbons (Fsp3) is 0.364. The molecule has 5 nitrogen and oxygen atoms in total. The summed E-state index contributed by atoms with van der Waals surface area (Å²) in [6, 6.07) is 13.6. The molecule has 0 bridgehead atoms. The molecule has 0 saturated heterocycles. The summed E-state index contributed by atoms with van der Waals surface area (Å²) in [7, 11) is 0. The Morgan fingerprint density at radius 1 is 0.963 bits per heavy atom. The van der Waals surface area contributed by atoms with Crippen LogP contribution in [0.1, 0.15) is 41.6 Å². The van der Waals surface area contributed by atoms with Gasteiger partial charge in [0.1, 0.15) is 5.75 Å². The van der Waals surface area contributed by atoms with Crippen LogP contribution in [0.5, 0.6) is 5.75 Å². The highest BCUT2D eigenvalue weighted by Gasteiger charge is 2.14. The molecule has 0 saturated carbocycles. The SMILES string of the molecule is CC[C@@H](NC(=O)COC(=O)COc1ccc(C)cc1C)c1ccc(C)cc1. The van der Waals surface area contributed by atoms with Crippen molar-refractivity contribution < 1.29 is 19.1 Å². The monoisotopic (exact) mass is 369 g/mol. The summed E-state index contributed by atoms with van der Waals surface area (Å²) in [4.78, 5) is 23.9. The van der Waals surface area contributed by atoms with Gasteiger partial charge in [-0.15, -0.1) is 0 Å². The van der Waals surface area contributed by atoms with Crippen LogP contribution in [0, 0.1) is 20.8 Å². The number of esters is 1. The molecule has 0 unspecified atom stereocenters. The second-order valence-electron chi connectivity index (χ2n) is 6.66. The second kappa shape index (κ2) is 9.76. The van der Waals surface area contributed by atoms with E-state index >= 15 is 0 Å². The normalized spacial score (nSPS) is 11.6. The van der Waals surface area contributed by atoms with Crippen molar-refractivity contribution in [3.05, 3.63) is 64.7 Å². The Hall–Kier alpha value is -2.82. The topological polar surface area (TPSA) is 64.6 Å². The minimum absolute atomic E-state index is 0.108. The lowest BCUT2D eigenvalue weighted by molar-refractivity contribution is -0.150. The van der Waals surface area contributed by atoms with Crippen LogP contribution in [0.15, 0.2) is 42.5 Å². The van der Waals surface area contributed by atoms with Crippen molar-refractivity contribution in [3.8, 4) is 5.75 Å². The van der Waals surface area contributed by atoms with Crippen molar-refractivity contribution in [1.82, 2.24) is 5.32 Å². The third-order valence-corrected chi connectivity index (χ3v) is 4.26. The van der Waals surface area contributed by atoms with E-state index in [-0.39, 0.29) is 25.2 Å². The summed E-state index contributed by atoms with van der Waals surface area (Å²) in [6.07, 6.45) is 0.749. The molecular weight excluding hydrogens is 342 g/mol. The van der Waals surface area contributed by atoms with Gasteiger partial charge in [-0.1, -0.05) is 54.4 Å². The van der Waals surface area contributed by atoms with Crippen LogP contribution in [0.2, 0.25) is 0 Å². The van der Waals surface area contributed by atoms with Crippen molar-refractivity contribution in [2.75, 3.05) is 13.2 Å². The number of carbonyl (C=O) groups excluding carboxylic acids is 2. The lowest BCUT2D eigenvalue weighted by Crippen LogP contribution is -2.33. The van der Waals surface area contributed by atoms with Crippen LogP contribution in [0.3, 0.4) is 0 Å². The first kappa shape index (κ1) is 20.5. The highest BCUT2D eigenvalue weighted by molar-refractivity contribution is 5.81. The van der Waals surface area contributed by atoms with Gasteiger partial charge in [0.25, 0.3) is 5.91 Å². The second-order valence-corrected chi connectivity index (χ2v) is 6.66.